The van der Waals surface area contributed by atoms with Crippen molar-refractivity contribution in [1.82, 2.24) is 4.90 Å². The van der Waals surface area contributed by atoms with Gasteiger partial charge in [-0.15, -0.1) is 0 Å². The monoisotopic (exact) mass is 256 g/mol. The van der Waals surface area contributed by atoms with Crippen LogP contribution in [0.1, 0.15) is 25.3 Å². The Hall–Kier alpha value is -1.90. The predicted molar refractivity (Wildman–Crippen MR) is 78.8 cm³/mol. The van der Waals surface area contributed by atoms with Gasteiger partial charge in [0.05, 0.1) is 5.69 Å². The number of nitrogens with zero attached hydrogens (tertiary/aromatic N) is 1. The number of nitrogens with one attached hydrogen (secondary N) is 1. The summed E-state index contributed by atoms with van der Waals surface area (Å²) in [5.41, 5.74) is 3.20. The van der Waals surface area contributed by atoms with Crippen LogP contribution in [0.5, 0.6) is 5.75 Å². The summed E-state index contributed by atoms with van der Waals surface area (Å²) in [6.45, 7) is 12.5. The summed E-state index contributed by atoms with van der Waals surface area (Å²) in [5.74, 6) is 2.26. The van der Waals surface area contributed by atoms with E-state index in [1.807, 2.05) is 12.1 Å². The van der Waals surface area contributed by atoms with Crippen LogP contribution in [-0.2, 0) is 0 Å². The van der Waals surface area contributed by atoms with Crippen molar-refractivity contribution < 1.29 is 4.74 Å². The Labute approximate surface area is 114 Å². The molecule has 0 aliphatic carbocycles. The lowest BCUT2D eigenvalue weighted by Crippen LogP contribution is -2.31. The molecule has 19 heavy (non-hydrogen) atoms. The summed E-state index contributed by atoms with van der Waals surface area (Å²) >= 11 is 0. The predicted octanol–water partition coefficient (Wildman–Crippen LogP) is 3.66. The van der Waals surface area contributed by atoms with E-state index < -0.39 is 0 Å². The molecule has 2 heterocycles. The molecule has 2 aliphatic heterocycles. The van der Waals surface area contributed by atoms with Gasteiger partial charge in [0.25, 0.3) is 0 Å². The van der Waals surface area contributed by atoms with Gasteiger partial charge in [-0.05, 0) is 37.5 Å². The highest BCUT2D eigenvalue weighted by Crippen LogP contribution is 2.36. The minimum absolute atomic E-state index is 0.588. The summed E-state index contributed by atoms with van der Waals surface area (Å²) in [6, 6.07) is 6.16. The van der Waals surface area contributed by atoms with Gasteiger partial charge in [0, 0.05) is 24.4 Å². The molecule has 1 saturated heterocycles. The number of anilines is 1. The van der Waals surface area contributed by atoms with E-state index in [1.54, 1.807) is 0 Å². The van der Waals surface area contributed by atoms with E-state index in [0.717, 1.165) is 41.7 Å². The van der Waals surface area contributed by atoms with E-state index in [0.29, 0.717) is 5.88 Å². The first-order valence-electron chi connectivity index (χ1n) is 6.85. The maximum atomic E-state index is 5.54. The van der Waals surface area contributed by atoms with E-state index in [2.05, 4.69) is 36.4 Å². The Morgan fingerprint density at radius 2 is 2.11 bits per heavy atom. The number of piperidine rings is 1. The van der Waals surface area contributed by atoms with Crippen LogP contribution >= 0.6 is 0 Å². The molecule has 3 heteroatoms. The molecule has 0 saturated carbocycles. The van der Waals surface area contributed by atoms with Gasteiger partial charge in [0.1, 0.15) is 0 Å². The van der Waals surface area contributed by atoms with Crippen molar-refractivity contribution in [1.29, 1.82) is 0 Å². The minimum atomic E-state index is 0.588. The van der Waals surface area contributed by atoms with Gasteiger partial charge in [-0.3, -0.25) is 0 Å². The molecule has 1 aromatic rings. The second kappa shape index (κ2) is 4.65. The van der Waals surface area contributed by atoms with Crippen LogP contribution in [0.25, 0.3) is 5.70 Å². The van der Waals surface area contributed by atoms with Gasteiger partial charge in [0.15, 0.2) is 11.6 Å². The average Bonchev–Trinajstić information content (AvgIpc) is 2.77. The highest BCUT2D eigenvalue weighted by atomic mass is 16.5. The molecule has 0 radical (unpaired) electrons. The zero-order chi connectivity index (χ0) is 13.4. The van der Waals surface area contributed by atoms with E-state index in [1.165, 1.54) is 12.8 Å². The Balaban J connectivity index is 1.77. The molecule has 1 aromatic carbocycles. The lowest BCUT2D eigenvalue weighted by molar-refractivity contribution is 0.268. The Bertz CT molecular complexity index is 528. The summed E-state index contributed by atoms with van der Waals surface area (Å²) in [5, 5.41) is 3.09. The van der Waals surface area contributed by atoms with E-state index in [-0.39, 0.29) is 0 Å². The fourth-order valence-electron chi connectivity index (χ4n) is 2.66. The third-order valence-electron chi connectivity index (χ3n) is 3.99. The summed E-state index contributed by atoms with van der Waals surface area (Å²) in [6.07, 6.45) is 2.50. The van der Waals surface area contributed by atoms with E-state index >= 15 is 0 Å². The standard InChI is InChI=1S/C16H20N2O/c1-11-6-8-18(9-7-11)12(2)14-4-5-15-16(10-14)19-13(3)17-15/h4-5,10-11,17H,2-3,6-9H2,1H3. The first-order chi connectivity index (χ1) is 9.13. The van der Waals surface area contributed by atoms with Crippen LogP contribution in [0, 0.1) is 5.92 Å². The summed E-state index contributed by atoms with van der Waals surface area (Å²) in [7, 11) is 0. The first kappa shape index (κ1) is 12.2. The van der Waals surface area contributed by atoms with Crippen molar-refractivity contribution >= 4 is 11.4 Å². The number of likely N-dealkylation sites (tertiary alicyclic amines) is 1. The largest absolute Gasteiger partial charge is 0.439 e. The lowest BCUT2D eigenvalue weighted by atomic mass is 9.98. The zero-order valence-corrected chi connectivity index (χ0v) is 11.4. The van der Waals surface area contributed by atoms with Gasteiger partial charge in [0.2, 0.25) is 0 Å². The fourth-order valence-corrected chi connectivity index (χ4v) is 2.66. The topological polar surface area (TPSA) is 24.5 Å². The summed E-state index contributed by atoms with van der Waals surface area (Å²) in [4.78, 5) is 2.37. The second-order valence-corrected chi connectivity index (χ2v) is 5.48. The number of hydrogen-bond donors (Lipinski definition) is 1. The minimum Gasteiger partial charge on any atom is -0.439 e. The average molecular weight is 256 g/mol. The van der Waals surface area contributed by atoms with Gasteiger partial charge in [-0.2, -0.15) is 0 Å². The van der Waals surface area contributed by atoms with Crippen molar-refractivity contribution in [3.63, 3.8) is 0 Å². The molecule has 3 nitrogen and oxygen atoms in total. The normalized spacial score (nSPS) is 18.8. The molecular formula is C16H20N2O. The van der Waals surface area contributed by atoms with E-state index in [9.17, 15) is 0 Å². The quantitative estimate of drug-likeness (QED) is 0.874. The highest BCUT2D eigenvalue weighted by Gasteiger charge is 2.20. The van der Waals surface area contributed by atoms with Crippen LogP contribution < -0.4 is 10.1 Å². The smallest absolute Gasteiger partial charge is 0.190 e. The Morgan fingerprint density at radius 3 is 2.84 bits per heavy atom. The van der Waals surface area contributed by atoms with Gasteiger partial charge < -0.3 is 15.0 Å². The van der Waals surface area contributed by atoms with Crippen LogP contribution in [0.15, 0.2) is 37.2 Å². The van der Waals surface area contributed by atoms with Gasteiger partial charge in [-0.1, -0.05) is 19.6 Å². The van der Waals surface area contributed by atoms with Crippen molar-refractivity contribution in [3.05, 3.63) is 42.8 Å². The molecule has 0 bridgehead atoms. The highest BCUT2D eigenvalue weighted by molar-refractivity contribution is 5.71. The SMILES string of the molecule is C=C1Nc2ccc(C(=C)N3CCC(C)CC3)cc2O1. The lowest BCUT2D eigenvalue weighted by Gasteiger charge is -2.33. The second-order valence-electron chi connectivity index (χ2n) is 5.48. The number of hydrogen-bond acceptors (Lipinski definition) is 3. The third-order valence-corrected chi connectivity index (χ3v) is 3.99. The number of fused-ring (bicyclic) bond motifs is 1. The molecule has 0 amide bonds. The molecule has 0 spiro atoms. The molecule has 1 N–H and O–H groups in total. The number of rotatable bonds is 2. The molecular weight excluding hydrogens is 236 g/mol. The third kappa shape index (κ3) is 2.33. The van der Waals surface area contributed by atoms with Crippen molar-refractivity contribution in [3.8, 4) is 5.75 Å². The molecule has 2 aliphatic rings. The fraction of sp³-hybridized carbons (Fsp3) is 0.375. The van der Waals surface area contributed by atoms with Crippen molar-refractivity contribution in [2.24, 2.45) is 5.92 Å². The first-order valence-corrected chi connectivity index (χ1v) is 6.85. The van der Waals surface area contributed by atoms with Crippen LogP contribution in [0.4, 0.5) is 5.69 Å². The molecule has 0 atom stereocenters. The molecule has 0 unspecified atom stereocenters. The van der Waals surface area contributed by atoms with Crippen molar-refractivity contribution in [2.75, 3.05) is 18.4 Å². The zero-order valence-electron chi connectivity index (χ0n) is 11.4. The number of ether oxygens (including phenoxy) is 1. The molecule has 0 aromatic heterocycles. The molecule has 100 valence electrons. The van der Waals surface area contributed by atoms with Crippen LogP contribution in [-0.4, -0.2) is 18.0 Å². The maximum Gasteiger partial charge on any atom is 0.190 e. The maximum absolute atomic E-state index is 5.54. The molecule has 1 fully saturated rings. The Kier molecular flexibility index (Phi) is 2.97. The van der Waals surface area contributed by atoms with Crippen molar-refractivity contribution in [2.45, 2.75) is 19.8 Å². The Morgan fingerprint density at radius 1 is 1.37 bits per heavy atom. The summed E-state index contributed by atoms with van der Waals surface area (Å²) < 4.78 is 5.54. The van der Waals surface area contributed by atoms with Gasteiger partial charge >= 0.3 is 0 Å². The van der Waals surface area contributed by atoms with E-state index in [4.69, 9.17) is 4.74 Å². The van der Waals surface area contributed by atoms with Crippen LogP contribution in [0.3, 0.4) is 0 Å². The van der Waals surface area contributed by atoms with Crippen LogP contribution in [0.2, 0.25) is 0 Å². The van der Waals surface area contributed by atoms with Gasteiger partial charge in [-0.25, -0.2) is 0 Å². The number of benzene rings is 1. The molecule has 3 rings (SSSR count).